The summed E-state index contributed by atoms with van der Waals surface area (Å²) < 4.78 is 0. The molecule has 0 bridgehead atoms. The first-order valence-electron chi connectivity index (χ1n) is 6.32. The molecule has 1 N–H and O–H groups in total. The Morgan fingerprint density at radius 3 is 3.11 bits per heavy atom. The number of thiophene rings is 1. The maximum Gasteiger partial charge on any atom is 0.335 e. The molecule has 2 heterocycles. The molecular formula is C15H15NO2S. The van der Waals surface area contributed by atoms with Crippen molar-refractivity contribution in [3.63, 3.8) is 0 Å². The number of carbonyl (C=O) groups is 1. The molecule has 3 nitrogen and oxygen atoms in total. The van der Waals surface area contributed by atoms with E-state index in [1.807, 2.05) is 23.5 Å². The highest BCUT2D eigenvalue weighted by molar-refractivity contribution is 7.10. The average Bonchev–Trinajstić information content (AvgIpc) is 2.86. The summed E-state index contributed by atoms with van der Waals surface area (Å²) in [6.07, 6.45) is 1.09. The molecule has 0 radical (unpaired) electrons. The van der Waals surface area contributed by atoms with E-state index in [1.165, 1.54) is 10.4 Å². The maximum absolute atomic E-state index is 11.0. The van der Waals surface area contributed by atoms with Crippen molar-refractivity contribution >= 4 is 17.3 Å². The second-order valence-electron chi connectivity index (χ2n) is 4.84. The van der Waals surface area contributed by atoms with Gasteiger partial charge in [0, 0.05) is 24.5 Å². The first kappa shape index (κ1) is 12.4. The Kier molecular flexibility index (Phi) is 3.36. The Balaban J connectivity index is 1.72. The van der Waals surface area contributed by atoms with Crippen LogP contribution in [0.2, 0.25) is 0 Å². The quantitative estimate of drug-likeness (QED) is 0.934. The fraction of sp³-hybridized carbons (Fsp3) is 0.267. The topological polar surface area (TPSA) is 40.5 Å². The average molecular weight is 273 g/mol. The number of fused-ring (bicyclic) bond motifs is 1. The summed E-state index contributed by atoms with van der Waals surface area (Å²) in [6.45, 7) is 2.84. The molecule has 1 aliphatic rings. The van der Waals surface area contributed by atoms with Crippen molar-refractivity contribution in [1.82, 2.24) is 4.90 Å². The molecule has 98 valence electrons. The zero-order chi connectivity index (χ0) is 13.2. The zero-order valence-electron chi connectivity index (χ0n) is 10.5. The van der Waals surface area contributed by atoms with Crippen molar-refractivity contribution < 1.29 is 9.90 Å². The van der Waals surface area contributed by atoms with Gasteiger partial charge in [-0.3, -0.25) is 4.90 Å². The summed E-state index contributed by atoms with van der Waals surface area (Å²) in [7, 11) is 0. The normalized spacial score (nSPS) is 15.2. The van der Waals surface area contributed by atoms with Gasteiger partial charge in [-0.2, -0.15) is 0 Å². The van der Waals surface area contributed by atoms with Crippen LogP contribution < -0.4 is 0 Å². The smallest absolute Gasteiger partial charge is 0.335 e. The lowest BCUT2D eigenvalue weighted by atomic mass is 10.1. The van der Waals surface area contributed by atoms with E-state index in [9.17, 15) is 4.79 Å². The summed E-state index contributed by atoms with van der Waals surface area (Å²) >= 11 is 1.81. The molecule has 3 rings (SSSR count). The minimum atomic E-state index is -0.860. The molecule has 4 heteroatoms. The highest BCUT2D eigenvalue weighted by Crippen LogP contribution is 2.25. The summed E-state index contributed by atoms with van der Waals surface area (Å²) in [5, 5.41) is 11.2. The number of nitrogens with zero attached hydrogens (tertiary/aromatic N) is 1. The van der Waals surface area contributed by atoms with Gasteiger partial charge in [-0.1, -0.05) is 12.1 Å². The largest absolute Gasteiger partial charge is 0.478 e. The predicted molar refractivity (Wildman–Crippen MR) is 75.5 cm³/mol. The fourth-order valence-corrected chi connectivity index (χ4v) is 3.46. The lowest BCUT2D eigenvalue weighted by Crippen LogP contribution is -2.29. The number of hydrogen-bond donors (Lipinski definition) is 1. The van der Waals surface area contributed by atoms with Crippen molar-refractivity contribution in [3.05, 3.63) is 57.3 Å². The van der Waals surface area contributed by atoms with E-state index in [4.69, 9.17) is 5.11 Å². The number of carboxylic acids is 1. The molecule has 0 atom stereocenters. The molecule has 0 saturated carbocycles. The van der Waals surface area contributed by atoms with Crippen molar-refractivity contribution in [2.24, 2.45) is 0 Å². The molecule has 0 saturated heterocycles. The van der Waals surface area contributed by atoms with Gasteiger partial charge in [0.25, 0.3) is 0 Å². The second-order valence-corrected chi connectivity index (χ2v) is 5.84. The summed E-state index contributed by atoms with van der Waals surface area (Å²) in [5.41, 5.74) is 2.91. The molecule has 1 aromatic heterocycles. The standard InChI is InChI=1S/C15H15NO2S/c17-15(18)13-3-1-2-11(8-13)9-16-6-4-12-5-7-19-14(12)10-16/h1-3,5,7-8H,4,6,9-10H2,(H,17,18). The summed E-state index contributed by atoms with van der Waals surface area (Å²) in [4.78, 5) is 14.8. The van der Waals surface area contributed by atoms with Gasteiger partial charge in [0.15, 0.2) is 0 Å². The Hall–Kier alpha value is -1.65. The van der Waals surface area contributed by atoms with Crippen LogP contribution in [0.3, 0.4) is 0 Å². The zero-order valence-corrected chi connectivity index (χ0v) is 11.3. The number of rotatable bonds is 3. The van der Waals surface area contributed by atoms with Crippen LogP contribution in [0.4, 0.5) is 0 Å². The van der Waals surface area contributed by atoms with Crippen LogP contribution in [0.15, 0.2) is 35.7 Å². The van der Waals surface area contributed by atoms with Crippen molar-refractivity contribution in [2.45, 2.75) is 19.5 Å². The molecule has 0 spiro atoms. The molecule has 1 aromatic carbocycles. The van der Waals surface area contributed by atoms with Gasteiger partial charge in [-0.25, -0.2) is 4.79 Å². The number of benzene rings is 1. The van der Waals surface area contributed by atoms with Crippen molar-refractivity contribution in [2.75, 3.05) is 6.54 Å². The van der Waals surface area contributed by atoms with Gasteiger partial charge >= 0.3 is 5.97 Å². The maximum atomic E-state index is 11.0. The van der Waals surface area contributed by atoms with E-state index in [0.29, 0.717) is 5.56 Å². The van der Waals surface area contributed by atoms with E-state index < -0.39 is 5.97 Å². The van der Waals surface area contributed by atoms with Crippen LogP contribution in [0.1, 0.15) is 26.4 Å². The van der Waals surface area contributed by atoms with E-state index in [0.717, 1.165) is 31.6 Å². The third-order valence-electron chi connectivity index (χ3n) is 3.48. The van der Waals surface area contributed by atoms with Gasteiger partial charge in [-0.05, 0) is 41.1 Å². The van der Waals surface area contributed by atoms with Gasteiger partial charge in [-0.15, -0.1) is 11.3 Å². The SMILES string of the molecule is O=C(O)c1cccc(CN2CCc3ccsc3C2)c1. The van der Waals surface area contributed by atoms with Crippen LogP contribution >= 0.6 is 11.3 Å². The first-order valence-corrected chi connectivity index (χ1v) is 7.20. The minimum Gasteiger partial charge on any atom is -0.478 e. The predicted octanol–water partition coefficient (Wildman–Crippen LogP) is 3.00. The van der Waals surface area contributed by atoms with Crippen molar-refractivity contribution in [3.8, 4) is 0 Å². The first-order chi connectivity index (χ1) is 9.22. The van der Waals surface area contributed by atoms with Crippen LogP contribution in [0, 0.1) is 0 Å². The third-order valence-corrected chi connectivity index (χ3v) is 4.43. The van der Waals surface area contributed by atoms with Crippen LogP contribution in [-0.2, 0) is 19.5 Å². The Labute approximate surface area is 116 Å². The molecule has 19 heavy (non-hydrogen) atoms. The van der Waals surface area contributed by atoms with Crippen LogP contribution in [0.25, 0.3) is 0 Å². The van der Waals surface area contributed by atoms with Crippen molar-refractivity contribution in [1.29, 1.82) is 0 Å². The van der Waals surface area contributed by atoms with Crippen LogP contribution in [0.5, 0.6) is 0 Å². The van der Waals surface area contributed by atoms with E-state index >= 15 is 0 Å². The molecule has 0 amide bonds. The molecular weight excluding hydrogens is 258 g/mol. The number of hydrogen-bond acceptors (Lipinski definition) is 3. The van der Waals surface area contributed by atoms with Gasteiger partial charge in [0.05, 0.1) is 5.56 Å². The lowest BCUT2D eigenvalue weighted by Gasteiger charge is -2.26. The second kappa shape index (κ2) is 5.15. The lowest BCUT2D eigenvalue weighted by molar-refractivity contribution is 0.0696. The Morgan fingerprint density at radius 2 is 2.26 bits per heavy atom. The summed E-state index contributed by atoms with van der Waals surface area (Å²) in [6, 6.07) is 9.43. The highest BCUT2D eigenvalue weighted by atomic mass is 32.1. The van der Waals surface area contributed by atoms with Gasteiger partial charge < -0.3 is 5.11 Å². The van der Waals surface area contributed by atoms with Crippen LogP contribution in [-0.4, -0.2) is 22.5 Å². The van der Waals surface area contributed by atoms with Gasteiger partial charge in [0.2, 0.25) is 0 Å². The summed E-state index contributed by atoms with van der Waals surface area (Å²) in [5.74, 6) is -0.860. The number of carboxylic acid groups (broad SMARTS) is 1. The fourth-order valence-electron chi connectivity index (χ4n) is 2.49. The van der Waals surface area contributed by atoms with E-state index in [2.05, 4.69) is 16.3 Å². The van der Waals surface area contributed by atoms with E-state index in [-0.39, 0.29) is 0 Å². The molecule has 2 aromatic rings. The molecule has 1 aliphatic heterocycles. The van der Waals surface area contributed by atoms with E-state index in [1.54, 1.807) is 12.1 Å². The number of aromatic carboxylic acids is 1. The third kappa shape index (κ3) is 2.69. The Morgan fingerprint density at radius 1 is 1.37 bits per heavy atom. The monoisotopic (exact) mass is 273 g/mol. The highest BCUT2D eigenvalue weighted by Gasteiger charge is 2.17. The molecule has 0 aliphatic carbocycles. The Bertz CT molecular complexity index is 606. The minimum absolute atomic E-state index is 0.367. The van der Waals surface area contributed by atoms with Gasteiger partial charge in [0.1, 0.15) is 0 Å². The molecule has 0 fully saturated rings. The molecule has 0 unspecified atom stereocenters.